The van der Waals surface area contributed by atoms with Gasteiger partial charge in [-0.15, -0.1) is 11.3 Å². The highest BCUT2D eigenvalue weighted by Gasteiger charge is 2.16. The van der Waals surface area contributed by atoms with Crippen molar-refractivity contribution in [3.8, 4) is 5.75 Å². The minimum absolute atomic E-state index is 0.0673. The van der Waals surface area contributed by atoms with Crippen LogP contribution < -0.4 is 4.74 Å². The second-order valence-electron chi connectivity index (χ2n) is 4.40. The van der Waals surface area contributed by atoms with Gasteiger partial charge in [0.05, 0.1) is 12.4 Å². The van der Waals surface area contributed by atoms with E-state index in [4.69, 9.17) is 9.84 Å². The number of carboxylic acids is 1. The molecule has 5 nitrogen and oxygen atoms in total. The van der Waals surface area contributed by atoms with Gasteiger partial charge in [0, 0.05) is 10.6 Å². The van der Waals surface area contributed by atoms with E-state index >= 15 is 0 Å². The van der Waals surface area contributed by atoms with Crippen LogP contribution in [0.5, 0.6) is 5.75 Å². The van der Waals surface area contributed by atoms with Crippen LogP contribution in [0.25, 0.3) is 0 Å². The van der Waals surface area contributed by atoms with Gasteiger partial charge in [-0.05, 0) is 18.9 Å². The average molecular weight is 320 g/mol. The lowest BCUT2D eigenvalue weighted by Crippen LogP contribution is -2.12. The third-order valence-corrected chi connectivity index (χ3v) is 5.69. The Morgan fingerprint density at radius 1 is 1.40 bits per heavy atom. The molecule has 0 unspecified atom stereocenters. The molecule has 7 heteroatoms. The quantitative estimate of drug-likeness (QED) is 0.707. The van der Waals surface area contributed by atoms with Gasteiger partial charge in [-0.25, -0.2) is 13.2 Å². The molecule has 0 saturated carbocycles. The first kappa shape index (κ1) is 17.0. The molecule has 0 saturated heterocycles. The van der Waals surface area contributed by atoms with Gasteiger partial charge in [0.25, 0.3) is 0 Å². The van der Waals surface area contributed by atoms with E-state index in [1.54, 1.807) is 13.0 Å². The highest BCUT2D eigenvalue weighted by Crippen LogP contribution is 2.30. The number of aryl methyl sites for hydroxylation is 1. The Bertz CT molecular complexity index is 545. The summed E-state index contributed by atoms with van der Waals surface area (Å²) in [6.45, 7) is 3.84. The van der Waals surface area contributed by atoms with Crippen LogP contribution >= 0.6 is 11.3 Å². The third kappa shape index (κ3) is 5.13. The maximum atomic E-state index is 11.3. The van der Waals surface area contributed by atoms with Crippen molar-refractivity contribution < 1.29 is 23.1 Å². The molecule has 0 bridgehead atoms. The number of carboxylic acid groups (broad SMARTS) is 1. The van der Waals surface area contributed by atoms with Gasteiger partial charge < -0.3 is 9.84 Å². The first-order valence-corrected chi connectivity index (χ1v) is 9.22. The van der Waals surface area contributed by atoms with E-state index in [0.29, 0.717) is 12.2 Å². The normalized spacial score (nSPS) is 11.5. The van der Waals surface area contributed by atoms with Crippen molar-refractivity contribution in [1.29, 1.82) is 0 Å². The summed E-state index contributed by atoms with van der Waals surface area (Å²) in [6.07, 6.45) is 2.13. The number of carbonyl (C=O) groups is 1. The van der Waals surface area contributed by atoms with Crippen molar-refractivity contribution in [2.45, 2.75) is 33.1 Å². The Morgan fingerprint density at radius 2 is 2.10 bits per heavy atom. The summed E-state index contributed by atoms with van der Waals surface area (Å²) in [5.74, 6) is -0.474. The Morgan fingerprint density at radius 3 is 2.65 bits per heavy atom. The number of thiophene rings is 1. The number of sulfone groups is 1. The number of rotatable bonds is 9. The lowest BCUT2D eigenvalue weighted by Gasteiger charge is -2.05. The summed E-state index contributed by atoms with van der Waals surface area (Å²) in [4.78, 5) is 12.3. The van der Waals surface area contributed by atoms with Crippen molar-refractivity contribution in [2.75, 3.05) is 18.1 Å². The molecule has 1 heterocycles. The van der Waals surface area contributed by atoms with Crippen molar-refractivity contribution in [2.24, 2.45) is 0 Å². The molecule has 1 N–H and O–H groups in total. The second kappa shape index (κ2) is 7.64. The summed E-state index contributed by atoms with van der Waals surface area (Å²) < 4.78 is 28.1. The highest BCUT2D eigenvalue weighted by molar-refractivity contribution is 7.91. The Kier molecular flexibility index (Phi) is 6.48. The summed E-state index contributed by atoms with van der Waals surface area (Å²) >= 11 is 1.22. The molecular weight excluding hydrogens is 300 g/mol. The first-order chi connectivity index (χ1) is 9.39. The van der Waals surface area contributed by atoms with E-state index in [0.717, 1.165) is 17.7 Å². The van der Waals surface area contributed by atoms with Crippen LogP contribution in [-0.4, -0.2) is 37.6 Å². The zero-order chi connectivity index (χ0) is 15.2. The summed E-state index contributed by atoms with van der Waals surface area (Å²) in [5, 5.41) is 9.11. The topological polar surface area (TPSA) is 80.7 Å². The van der Waals surface area contributed by atoms with Crippen molar-refractivity contribution >= 4 is 27.1 Å². The Hall–Kier alpha value is -1.08. The van der Waals surface area contributed by atoms with Crippen LogP contribution in [-0.2, 0) is 16.3 Å². The van der Waals surface area contributed by atoms with E-state index in [9.17, 15) is 13.2 Å². The maximum Gasteiger partial charge on any atom is 0.349 e. The zero-order valence-corrected chi connectivity index (χ0v) is 13.3. The molecule has 1 aromatic heterocycles. The smallest absolute Gasteiger partial charge is 0.349 e. The molecule has 1 aromatic rings. The van der Waals surface area contributed by atoms with Crippen LogP contribution in [0.2, 0.25) is 0 Å². The predicted molar refractivity (Wildman–Crippen MR) is 79.7 cm³/mol. The molecule has 0 aliphatic rings. The van der Waals surface area contributed by atoms with Gasteiger partial charge in [-0.2, -0.15) is 0 Å². The van der Waals surface area contributed by atoms with Gasteiger partial charge in [-0.1, -0.05) is 20.3 Å². The fraction of sp³-hybridized carbons (Fsp3) is 0.615. The van der Waals surface area contributed by atoms with Crippen molar-refractivity contribution in [1.82, 2.24) is 0 Å². The molecule has 0 spiro atoms. The van der Waals surface area contributed by atoms with Gasteiger partial charge >= 0.3 is 5.97 Å². The Balaban J connectivity index is 2.60. The number of hydrogen-bond donors (Lipinski definition) is 1. The molecule has 0 amide bonds. The van der Waals surface area contributed by atoms with E-state index < -0.39 is 15.8 Å². The fourth-order valence-corrected chi connectivity index (χ4v) is 3.54. The molecule has 0 fully saturated rings. The number of aromatic carboxylic acids is 1. The predicted octanol–water partition coefficient (Wildman–Crippen LogP) is 2.60. The van der Waals surface area contributed by atoms with Crippen LogP contribution in [0.1, 0.15) is 41.2 Å². The van der Waals surface area contributed by atoms with Gasteiger partial charge in [0.2, 0.25) is 0 Å². The van der Waals surface area contributed by atoms with Crippen molar-refractivity contribution in [3.63, 3.8) is 0 Å². The first-order valence-electron chi connectivity index (χ1n) is 6.58. The summed E-state index contributed by atoms with van der Waals surface area (Å²) in [7, 11) is -3.00. The van der Waals surface area contributed by atoms with E-state index in [1.807, 2.05) is 6.92 Å². The van der Waals surface area contributed by atoms with Crippen LogP contribution in [0, 0.1) is 0 Å². The Labute approximate surface area is 123 Å². The van der Waals surface area contributed by atoms with Gasteiger partial charge in [0.1, 0.15) is 15.6 Å². The van der Waals surface area contributed by atoms with E-state index in [1.165, 1.54) is 11.3 Å². The van der Waals surface area contributed by atoms with Crippen LogP contribution in [0.15, 0.2) is 6.07 Å². The fourth-order valence-electron chi connectivity index (χ4n) is 1.65. The maximum absolute atomic E-state index is 11.3. The molecule has 1 rings (SSSR count). The molecule has 20 heavy (non-hydrogen) atoms. The molecule has 0 aliphatic carbocycles. The lowest BCUT2D eigenvalue weighted by molar-refractivity contribution is 0.0698. The molecule has 0 atom stereocenters. The molecule has 0 aliphatic heterocycles. The second-order valence-corrected chi connectivity index (χ2v) is 8.01. The van der Waals surface area contributed by atoms with Crippen LogP contribution in [0.4, 0.5) is 0 Å². The van der Waals surface area contributed by atoms with Crippen molar-refractivity contribution in [3.05, 3.63) is 15.8 Å². The summed E-state index contributed by atoms with van der Waals surface area (Å²) in [5.41, 5.74) is 0. The van der Waals surface area contributed by atoms with Gasteiger partial charge in [-0.3, -0.25) is 0 Å². The standard InChI is InChI=1S/C13H20O5S2/c1-3-6-10-9-11(12(19-10)13(14)15)18-7-5-8-20(16,17)4-2/h9H,3-8H2,1-2H3,(H,14,15). The highest BCUT2D eigenvalue weighted by atomic mass is 32.2. The molecule has 114 valence electrons. The largest absolute Gasteiger partial charge is 0.492 e. The lowest BCUT2D eigenvalue weighted by atomic mass is 10.3. The molecule has 0 aromatic carbocycles. The van der Waals surface area contributed by atoms with Gasteiger partial charge in [0.15, 0.2) is 4.88 Å². The number of ether oxygens (including phenoxy) is 1. The molecular formula is C13H20O5S2. The van der Waals surface area contributed by atoms with Crippen LogP contribution in [0.3, 0.4) is 0 Å². The van der Waals surface area contributed by atoms with E-state index in [-0.39, 0.29) is 23.0 Å². The monoisotopic (exact) mass is 320 g/mol. The van der Waals surface area contributed by atoms with E-state index in [2.05, 4.69) is 0 Å². The minimum atomic E-state index is -3.00. The third-order valence-electron chi connectivity index (χ3n) is 2.74. The zero-order valence-electron chi connectivity index (χ0n) is 11.7. The number of hydrogen-bond acceptors (Lipinski definition) is 5. The summed E-state index contributed by atoms with van der Waals surface area (Å²) in [6, 6.07) is 1.74. The SMILES string of the molecule is CCCc1cc(OCCCS(=O)(=O)CC)c(C(=O)O)s1. The average Bonchev–Trinajstić information content (AvgIpc) is 2.78. The minimum Gasteiger partial charge on any atom is -0.492 e. The molecule has 0 radical (unpaired) electrons.